The van der Waals surface area contributed by atoms with E-state index in [2.05, 4.69) is 0 Å². The number of ketones is 2. The predicted molar refractivity (Wildman–Crippen MR) is 163 cm³/mol. The molecule has 2 unspecified atom stereocenters. The van der Waals surface area contributed by atoms with E-state index >= 15 is 0 Å². The highest BCUT2D eigenvalue weighted by Crippen LogP contribution is 2.31. The first kappa shape index (κ1) is 30.7. The molecule has 0 aliphatic rings. The van der Waals surface area contributed by atoms with Crippen molar-refractivity contribution in [1.29, 1.82) is 0 Å². The van der Waals surface area contributed by atoms with Gasteiger partial charge in [0.15, 0.2) is 23.8 Å². The molecule has 5 aromatic carbocycles. The summed E-state index contributed by atoms with van der Waals surface area (Å²) in [6.07, 6.45) is -3.07. The van der Waals surface area contributed by atoms with Crippen molar-refractivity contribution in [2.45, 2.75) is 22.0 Å². The molecule has 0 bridgehead atoms. The molecule has 44 heavy (non-hydrogen) atoms. The standard InChI is InChI=1S/C34H26O8S2/c35-31(25-14-5-1-6-15-25)33(27-18-9-3-10-19-27)41-43(37,38)29-22-13-23-30(24-29)44(39,40)42-34(28-20-11-4-12-21-28)32(36)26-16-7-2-8-17-26/h1-24,33-34H. The predicted octanol–water partition coefficient (Wildman–Crippen LogP) is 6.35. The third-order valence-electron chi connectivity index (χ3n) is 6.63. The number of benzene rings is 5. The van der Waals surface area contributed by atoms with Crippen molar-refractivity contribution in [2.24, 2.45) is 0 Å². The number of carbonyl (C=O) groups excluding carboxylic acids is 2. The first-order chi connectivity index (χ1) is 21.2. The van der Waals surface area contributed by atoms with Crippen LogP contribution in [-0.4, -0.2) is 28.4 Å². The maximum Gasteiger partial charge on any atom is 0.298 e. The van der Waals surface area contributed by atoms with Gasteiger partial charge >= 0.3 is 0 Å². The fourth-order valence-electron chi connectivity index (χ4n) is 4.41. The Morgan fingerprint density at radius 2 is 0.750 bits per heavy atom. The van der Waals surface area contributed by atoms with Crippen LogP contribution in [0.25, 0.3) is 0 Å². The van der Waals surface area contributed by atoms with Gasteiger partial charge in [-0.2, -0.15) is 16.8 Å². The molecule has 10 heteroatoms. The minimum atomic E-state index is -4.69. The summed E-state index contributed by atoms with van der Waals surface area (Å²) < 4.78 is 65.0. The van der Waals surface area contributed by atoms with Crippen molar-refractivity contribution >= 4 is 31.8 Å². The number of carbonyl (C=O) groups is 2. The number of Topliss-reactive ketones (excluding diaryl/α,β-unsaturated/α-hetero) is 2. The molecule has 0 fully saturated rings. The first-order valence-corrected chi connectivity index (χ1v) is 16.2. The van der Waals surface area contributed by atoms with Crippen LogP contribution in [-0.2, 0) is 28.6 Å². The number of hydrogen-bond acceptors (Lipinski definition) is 8. The topological polar surface area (TPSA) is 121 Å². The summed E-state index contributed by atoms with van der Waals surface area (Å²) in [7, 11) is -9.38. The maximum atomic E-state index is 13.5. The molecule has 5 aromatic rings. The Morgan fingerprint density at radius 3 is 1.09 bits per heavy atom. The minimum Gasteiger partial charge on any atom is -0.291 e. The molecule has 8 nitrogen and oxygen atoms in total. The van der Waals surface area contributed by atoms with Crippen molar-refractivity contribution < 1.29 is 34.8 Å². The van der Waals surface area contributed by atoms with E-state index in [1.807, 2.05) is 0 Å². The Balaban J connectivity index is 1.47. The maximum absolute atomic E-state index is 13.5. The second kappa shape index (κ2) is 13.3. The molecule has 0 aliphatic carbocycles. The Bertz CT molecular complexity index is 1820. The highest BCUT2D eigenvalue weighted by atomic mass is 32.2. The monoisotopic (exact) mass is 626 g/mol. The quantitative estimate of drug-likeness (QED) is 0.116. The van der Waals surface area contributed by atoms with Crippen LogP contribution in [0, 0.1) is 0 Å². The second-order valence-electron chi connectivity index (χ2n) is 9.62. The van der Waals surface area contributed by atoms with Crippen molar-refractivity contribution in [3.63, 3.8) is 0 Å². The molecule has 0 heterocycles. The van der Waals surface area contributed by atoms with Crippen molar-refractivity contribution in [1.82, 2.24) is 0 Å². The number of hydrogen-bond donors (Lipinski definition) is 0. The fourth-order valence-corrected chi connectivity index (χ4v) is 6.65. The summed E-state index contributed by atoms with van der Waals surface area (Å²) in [6, 6.07) is 36.8. The fraction of sp³-hybridized carbons (Fsp3) is 0.0588. The van der Waals surface area contributed by atoms with Gasteiger partial charge in [0.1, 0.15) is 0 Å². The van der Waals surface area contributed by atoms with Crippen LogP contribution in [0.1, 0.15) is 44.1 Å². The van der Waals surface area contributed by atoms with Gasteiger partial charge in [-0.15, -0.1) is 0 Å². The lowest BCUT2D eigenvalue weighted by Crippen LogP contribution is -2.22. The van der Waals surface area contributed by atoms with E-state index in [9.17, 15) is 26.4 Å². The van der Waals surface area contributed by atoms with E-state index in [4.69, 9.17) is 8.37 Å². The van der Waals surface area contributed by atoms with Crippen LogP contribution in [0.15, 0.2) is 155 Å². The van der Waals surface area contributed by atoms with Crippen molar-refractivity contribution in [3.05, 3.63) is 168 Å². The average Bonchev–Trinajstić information content (AvgIpc) is 3.07. The Hall–Kier alpha value is -4.74. The van der Waals surface area contributed by atoms with E-state index < -0.39 is 53.8 Å². The molecule has 0 saturated heterocycles. The van der Waals surface area contributed by atoms with E-state index in [1.54, 1.807) is 121 Å². The van der Waals surface area contributed by atoms with E-state index in [1.165, 1.54) is 6.07 Å². The van der Waals surface area contributed by atoms with Gasteiger partial charge in [-0.25, -0.2) is 8.37 Å². The summed E-state index contributed by atoms with van der Waals surface area (Å²) in [4.78, 5) is 25.7. The van der Waals surface area contributed by atoms with Gasteiger partial charge in [-0.1, -0.05) is 127 Å². The van der Waals surface area contributed by atoms with Crippen LogP contribution in [0.4, 0.5) is 0 Å². The van der Waals surface area contributed by atoms with Gasteiger partial charge < -0.3 is 0 Å². The molecular formula is C34H26O8S2. The largest absolute Gasteiger partial charge is 0.298 e. The Labute approximate surface area is 255 Å². The molecule has 0 aliphatic heterocycles. The third-order valence-corrected chi connectivity index (χ3v) is 9.18. The van der Waals surface area contributed by atoms with Gasteiger partial charge in [-0.05, 0) is 29.3 Å². The molecule has 2 atom stereocenters. The minimum absolute atomic E-state index is 0.233. The zero-order valence-electron chi connectivity index (χ0n) is 23.1. The summed E-state index contributed by atoms with van der Waals surface area (Å²) in [5.74, 6) is -1.20. The lowest BCUT2D eigenvalue weighted by atomic mass is 10.0. The molecule has 0 aromatic heterocycles. The van der Waals surface area contributed by atoms with E-state index in [-0.39, 0.29) is 11.1 Å². The van der Waals surface area contributed by atoms with Crippen molar-refractivity contribution in [2.75, 3.05) is 0 Å². The van der Waals surface area contributed by atoms with Gasteiger partial charge in [0, 0.05) is 11.1 Å². The number of rotatable bonds is 12. The van der Waals surface area contributed by atoms with E-state index in [0.29, 0.717) is 11.1 Å². The van der Waals surface area contributed by atoms with Gasteiger partial charge in [-0.3, -0.25) is 9.59 Å². The molecule has 0 radical (unpaired) electrons. The average molecular weight is 627 g/mol. The smallest absolute Gasteiger partial charge is 0.291 e. The summed E-state index contributed by atoms with van der Waals surface area (Å²) in [6.45, 7) is 0. The Morgan fingerprint density at radius 1 is 0.432 bits per heavy atom. The summed E-state index contributed by atoms with van der Waals surface area (Å²) in [5, 5.41) is 0. The van der Waals surface area contributed by atoms with Crippen LogP contribution in [0.2, 0.25) is 0 Å². The molecule has 0 saturated carbocycles. The lowest BCUT2D eigenvalue weighted by molar-refractivity contribution is 0.0798. The van der Waals surface area contributed by atoms with Gasteiger partial charge in [0.05, 0.1) is 9.79 Å². The molecule has 0 amide bonds. The molecule has 0 spiro atoms. The van der Waals surface area contributed by atoms with Gasteiger partial charge in [0.25, 0.3) is 20.2 Å². The summed E-state index contributed by atoms with van der Waals surface area (Å²) >= 11 is 0. The molecule has 222 valence electrons. The SMILES string of the molecule is O=C(c1ccccc1)C(OS(=O)(=O)c1cccc(S(=O)(=O)OC(C(=O)c2ccccc2)c2ccccc2)c1)c1ccccc1. The summed E-state index contributed by atoms with van der Waals surface area (Å²) in [5.41, 5.74) is 1.05. The van der Waals surface area contributed by atoms with Crippen molar-refractivity contribution in [3.8, 4) is 0 Å². The highest BCUT2D eigenvalue weighted by Gasteiger charge is 2.33. The molecule has 0 N–H and O–H groups in total. The highest BCUT2D eigenvalue weighted by molar-refractivity contribution is 7.87. The third kappa shape index (κ3) is 7.07. The van der Waals surface area contributed by atoms with Crippen LogP contribution in [0.5, 0.6) is 0 Å². The van der Waals surface area contributed by atoms with Gasteiger partial charge in [0.2, 0.25) is 0 Å². The van der Waals surface area contributed by atoms with Crippen LogP contribution >= 0.6 is 0 Å². The Kier molecular flexibility index (Phi) is 9.26. The lowest BCUT2D eigenvalue weighted by Gasteiger charge is -2.19. The van der Waals surface area contributed by atoms with Crippen LogP contribution < -0.4 is 0 Å². The van der Waals surface area contributed by atoms with Crippen LogP contribution in [0.3, 0.4) is 0 Å². The molecular weight excluding hydrogens is 601 g/mol. The van der Waals surface area contributed by atoms with E-state index in [0.717, 1.165) is 18.2 Å². The zero-order valence-corrected chi connectivity index (χ0v) is 24.7. The first-order valence-electron chi connectivity index (χ1n) is 13.4. The zero-order chi connectivity index (χ0) is 31.2. The second-order valence-corrected chi connectivity index (χ2v) is 12.8. The molecule has 5 rings (SSSR count). The normalized spacial score (nSPS) is 13.1.